The number of nitrogens with zero attached hydrogens (tertiary/aromatic N) is 2. The Bertz CT molecular complexity index is 1030. The molecule has 1 fully saturated rings. The van der Waals surface area contributed by atoms with Gasteiger partial charge in [0.2, 0.25) is 0 Å². The summed E-state index contributed by atoms with van der Waals surface area (Å²) in [5.41, 5.74) is 1.30. The molecule has 1 saturated heterocycles. The summed E-state index contributed by atoms with van der Waals surface area (Å²) in [6.45, 7) is 0.589. The van der Waals surface area contributed by atoms with Crippen molar-refractivity contribution in [3.05, 3.63) is 65.6 Å². The van der Waals surface area contributed by atoms with Crippen LogP contribution in [0.2, 0.25) is 0 Å². The minimum absolute atomic E-state index is 0.150. The summed E-state index contributed by atoms with van der Waals surface area (Å²) in [7, 11) is 3.20. The molecule has 0 unspecified atom stereocenters. The van der Waals surface area contributed by atoms with Gasteiger partial charge in [0.05, 0.1) is 25.8 Å². The first kappa shape index (κ1) is 19.0. The van der Waals surface area contributed by atoms with Crippen LogP contribution in [-0.4, -0.2) is 36.7 Å². The Hall–Kier alpha value is -3.35. The Morgan fingerprint density at radius 1 is 1.17 bits per heavy atom. The van der Waals surface area contributed by atoms with E-state index in [1.807, 2.05) is 18.2 Å². The van der Waals surface area contributed by atoms with Crippen molar-refractivity contribution in [1.29, 1.82) is 0 Å². The maximum absolute atomic E-state index is 14.0. The van der Waals surface area contributed by atoms with E-state index in [9.17, 15) is 9.18 Å². The molecule has 0 saturated carbocycles. The molecule has 0 N–H and O–H groups in total. The molecule has 1 aliphatic heterocycles. The molecule has 4 rings (SSSR count). The fourth-order valence-electron chi connectivity index (χ4n) is 3.74. The zero-order chi connectivity index (χ0) is 20.4. The number of hydrogen-bond donors (Lipinski definition) is 0. The molecule has 3 aromatic rings. The number of rotatable bonds is 5. The van der Waals surface area contributed by atoms with Crippen LogP contribution in [0.25, 0.3) is 11.3 Å². The number of methoxy groups -OCH3 is 2. The van der Waals surface area contributed by atoms with E-state index in [1.165, 1.54) is 12.1 Å². The average Bonchev–Trinajstić information content (AvgIpc) is 3.43. The van der Waals surface area contributed by atoms with E-state index in [2.05, 4.69) is 5.16 Å². The number of halogens is 1. The molecule has 29 heavy (non-hydrogen) atoms. The van der Waals surface area contributed by atoms with Gasteiger partial charge in [0, 0.05) is 18.2 Å². The lowest BCUT2D eigenvalue weighted by Gasteiger charge is -2.26. The molecule has 2 heterocycles. The van der Waals surface area contributed by atoms with Crippen LogP contribution >= 0.6 is 0 Å². The van der Waals surface area contributed by atoms with Gasteiger partial charge in [-0.3, -0.25) is 4.79 Å². The van der Waals surface area contributed by atoms with Crippen LogP contribution in [0, 0.1) is 5.82 Å². The molecule has 1 aliphatic rings. The van der Waals surface area contributed by atoms with E-state index in [-0.39, 0.29) is 29.0 Å². The van der Waals surface area contributed by atoms with Gasteiger partial charge >= 0.3 is 0 Å². The summed E-state index contributed by atoms with van der Waals surface area (Å²) in [6.07, 6.45) is 1.65. The second kappa shape index (κ2) is 7.95. The molecular weight excluding hydrogens is 375 g/mol. The Morgan fingerprint density at radius 3 is 2.76 bits per heavy atom. The number of carbonyl (C=O) groups excluding carboxylic acids is 1. The number of carbonyl (C=O) groups is 1. The first-order chi connectivity index (χ1) is 14.1. The maximum atomic E-state index is 14.0. The van der Waals surface area contributed by atoms with Crippen molar-refractivity contribution in [3.8, 4) is 22.8 Å². The lowest BCUT2D eigenvalue weighted by molar-refractivity contribution is 0.0723. The molecule has 0 aliphatic carbocycles. The SMILES string of the molecule is COc1ccc(OC)c([C@H]2CCCN2C(=O)c2cc(-c3ccccc3F)on2)c1. The topological polar surface area (TPSA) is 64.8 Å². The summed E-state index contributed by atoms with van der Waals surface area (Å²) < 4.78 is 30.1. The fourth-order valence-corrected chi connectivity index (χ4v) is 3.74. The molecular formula is C22H21FN2O4. The average molecular weight is 396 g/mol. The first-order valence-electron chi connectivity index (χ1n) is 9.37. The highest BCUT2D eigenvalue weighted by Crippen LogP contribution is 2.39. The van der Waals surface area contributed by atoms with Crippen LogP contribution in [0.5, 0.6) is 11.5 Å². The third-order valence-electron chi connectivity index (χ3n) is 5.18. The third kappa shape index (κ3) is 3.55. The van der Waals surface area contributed by atoms with Crippen molar-refractivity contribution in [2.45, 2.75) is 18.9 Å². The summed E-state index contributed by atoms with van der Waals surface area (Å²) in [4.78, 5) is 14.9. The van der Waals surface area contributed by atoms with Crippen LogP contribution in [0.3, 0.4) is 0 Å². The van der Waals surface area contributed by atoms with Gasteiger partial charge in [0.15, 0.2) is 11.5 Å². The predicted molar refractivity (Wildman–Crippen MR) is 104 cm³/mol. The first-order valence-corrected chi connectivity index (χ1v) is 9.37. The quantitative estimate of drug-likeness (QED) is 0.636. The molecule has 150 valence electrons. The Morgan fingerprint density at radius 2 is 2.00 bits per heavy atom. The number of hydrogen-bond acceptors (Lipinski definition) is 5. The van der Waals surface area contributed by atoms with Crippen LogP contribution in [0.15, 0.2) is 53.1 Å². The largest absolute Gasteiger partial charge is 0.497 e. The Labute approximate surface area is 167 Å². The number of ether oxygens (including phenoxy) is 2. The van der Waals surface area contributed by atoms with Crippen molar-refractivity contribution < 1.29 is 23.2 Å². The van der Waals surface area contributed by atoms with Crippen molar-refractivity contribution in [2.75, 3.05) is 20.8 Å². The molecule has 1 aromatic heterocycles. The van der Waals surface area contributed by atoms with Gasteiger partial charge in [-0.25, -0.2) is 4.39 Å². The number of aromatic nitrogens is 1. The second-order valence-corrected chi connectivity index (χ2v) is 6.82. The minimum atomic E-state index is -0.428. The highest BCUT2D eigenvalue weighted by molar-refractivity contribution is 5.93. The Kier molecular flexibility index (Phi) is 5.20. The Balaban J connectivity index is 1.63. The molecule has 7 heteroatoms. The summed E-state index contributed by atoms with van der Waals surface area (Å²) in [6, 6.07) is 13.1. The van der Waals surface area contributed by atoms with Gasteiger partial charge in [-0.15, -0.1) is 0 Å². The second-order valence-electron chi connectivity index (χ2n) is 6.82. The fraction of sp³-hybridized carbons (Fsp3) is 0.273. The van der Waals surface area contributed by atoms with E-state index < -0.39 is 5.82 Å². The molecule has 0 spiro atoms. The summed E-state index contributed by atoms with van der Waals surface area (Å²) in [5.74, 6) is 0.929. The van der Waals surface area contributed by atoms with Gasteiger partial charge < -0.3 is 18.9 Å². The highest BCUT2D eigenvalue weighted by atomic mass is 19.1. The van der Waals surface area contributed by atoms with E-state index >= 15 is 0 Å². The van der Waals surface area contributed by atoms with Crippen LogP contribution in [0.4, 0.5) is 4.39 Å². The highest BCUT2D eigenvalue weighted by Gasteiger charge is 2.34. The third-order valence-corrected chi connectivity index (χ3v) is 5.18. The van der Waals surface area contributed by atoms with E-state index in [0.717, 1.165) is 18.4 Å². The molecule has 0 radical (unpaired) electrons. The van der Waals surface area contributed by atoms with Gasteiger partial charge in [-0.2, -0.15) is 0 Å². The normalized spacial score (nSPS) is 16.1. The van der Waals surface area contributed by atoms with Crippen LogP contribution in [-0.2, 0) is 0 Å². The lowest BCUT2D eigenvalue weighted by Crippen LogP contribution is -2.31. The number of likely N-dealkylation sites (tertiary alicyclic amines) is 1. The zero-order valence-corrected chi connectivity index (χ0v) is 16.2. The number of benzene rings is 2. The van der Waals surface area contributed by atoms with E-state index in [0.29, 0.717) is 18.0 Å². The predicted octanol–water partition coefficient (Wildman–Crippen LogP) is 4.48. The van der Waals surface area contributed by atoms with Gasteiger partial charge in [-0.1, -0.05) is 17.3 Å². The van der Waals surface area contributed by atoms with Gasteiger partial charge in [-0.05, 0) is 43.2 Å². The van der Waals surface area contributed by atoms with E-state index in [4.69, 9.17) is 14.0 Å². The van der Waals surface area contributed by atoms with E-state index in [1.54, 1.807) is 37.3 Å². The van der Waals surface area contributed by atoms with Crippen LogP contribution in [0.1, 0.15) is 34.9 Å². The van der Waals surface area contributed by atoms with Crippen LogP contribution < -0.4 is 9.47 Å². The zero-order valence-electron chi connectivity index (χ0n) is 16.2. The molecule has 1 amide bonds. The molecule has 1 atom stereocenters. The van der Waals surface area contributed by atoms with Gasteiger partial charge in [0.25, 0.3) is 5.91 Å². The molecule has 6 nitrogen and oxygen atoms in total. The standard InChI is InChI=1S/C22H21FN2O4/c1-27-14-9-10-20(28-2)16(12-14)19-8-5-11-25(19)22(26)18-13-21(29-24-18)15-6-3-4-7-17(15)23/h3-4,6-7,9-10,12-13,19H,5,8,11H2,1-2H3/t19-/m1/s1. The summed E-state index contributed by atoms with van der Waals surface area (Å²) in [5, 5.41) is 3.89. The van der Waals surface area contributed by atoms with Crippen molar-refractivity contribution in [1.82, 2.24) is 10.1 Å². The lowest BCUT2D eigenvalue weighted by atomic mass is 10.0. The summed E-state index contributed by atoms with van der Waals surface area (Å²) >= 11 is 0. The molecule has 0 bridgehead atoms. The minimum Gasteiger partial charge on any atom is -0.497 e. The van der Waals surface area contributed by atoms with Gasteiger partial charge in [0.1, 0.15) is 17.3 Å². The number of amides is 1. The monoisotopic (exact) mass is 396 g/mol. The van der Waals surface area contributed by atoms with Crippen molar-refractivity contribution >= 4 is 5.91 Å². The molecule has 2 aromatic carbocycles. The maximum Gasteiger partial charge on any atom is 0.276 e. The smallest absolute Gasteiger partial charge is 0.276 e. The van der Waals surface area contributed by atoms with Crippen molar-refractivity contribution in [3.63, 3.8) is 0 Å². The van der Waals surface area contributed by atoms with Crippen molar-refractivity contribution in [2.24, 2.45) is 0 Å².